The fraction of sp³-hybridized carbons (Fsp3) is 0.375. The highest BCUT2D eigenvalue weighted by Gasteiger charge is 2.03. The molecule has 1 heterocycles. The summed E-state index contributed by atoms with van der Waals surface area (Å²) >= 11 is 0. The Balaban J connectivity index is 2.95. The quantitative estimate of drug-likeness (QED) is 0.733. The highest BCUT2D eigenvalue weighted by molar-refractivity contribution is 5.25. The number of nitrogens with zero attached hydrogens (tertiary/aromatic N) is 1. The average molecular weight is 170 g/mol. The SMILES string of the molecule is CNCc1cc(F)cnc1OC. The van der Waals surface area contributed by atoms with Crippen molar-refractivity contribution in [1.29, 1.82) is 0 Å². The smallest absolute Gasteiger partial charge is 0.217 e. The maximum atomic E-state index is 12.7. The van der Waals surface area contributed by atoms with Crippen LogP contribution in [0.25, 0.3) is 0 Å². The van der Waals surface area contributed by atoms with Gasteiger partial charge >= 0.3 is 0 Å². The monoisotopic (exact) mass is 170 g/mol. The lowest BCUT2D eigenvalue weighted by Crippen LogP contribution is -2.07. The first-order chi connectivity index (χ1) is 5.77. The van der Waals surface area contributed by atoms with E-state index in [0.29, 0.717) is 12.4 Å². The van der Waals surface area contributed by atoms with Gasteiger partial charge in [0, 0.05) is 12.1 Å². The zero-order chi connectivity index (χ0) is 8.97. The van der Waals surface area contributed by atoms with E-state index in [-0.39, 0.29) is 5.82 Å². The molecule has 0 aliphatic rings. The average Bonchev–Trinajstić information content (AvgIpc) is 2.05. The van der Waals surface area contributed by atoms with E-state index < -0.39 is 0 Å². The molecule has 0 saturated carbocycles. The number of rotatable bonds is 3. The maximum Gasteiger partial charge on any atom is 0.217 e. The maximum absolute atomic E-state index is 12.7. The molecular weight excluding hydrogens is 159 g/mol. The summed E-state index contributed by atoms with van der Waals surface area (Å²) in [6.45, 7) is 0.550. The van der Waals surface area contributed by atoms with Crippen LogP contribution in [0.1, 0.15) is 5.56 Å². The van der Waals surface area contributed by atoms with Gasteiger partial charge < -0.3 is 10.1 Å². The molecule has 0 fully saturated rings. The molecule has 0 aliphatic heterocycles. The Morgan fingerprint density at radius 2 is 2.42 bits per heavy atom. The Bertz CT molecular complexity index is 265. The van der Waals surface area contributed by atoms with Crippen molar-refractivity contribution in [2.45, 2.75) is 6.54 Å². The zero-order valence-corrected chi connectivity index (χ0v) is 7.10. The van der Waals surface area contributed by atoms with Crippen molar-refractivity contribution >= 4 is 0 Å². The molecule has 0 bridgehead atoms. The van der Waals surface area contributed by atoms with Gasteiger partial charge in [-0.1, -0.05) is 0 Å². The Kier molecular flexibility index (Phi) is 2.99. The second-order valence-corrected chi connectivity index (χ2v) is 2.35. The van der Waals surface area contributed by atoms with Crippen LogP contribution in [0.5, 0.6) is 5.88 Å². The fourth-order valence-electron chi connectivity index (χ4n) is 0.970. The largest absolute Gasteiger partial charge is 0.481 e. The van der Waals surface area contributed by atoms with Crippen LogP contribution < -0.4 is 10.1 Å². The fourth-order valence-corrected chi connectivity index (χ4v) is 0.970. The van der Waals surface area contributed by atoms with Crippen molar-refractivity contribution in [3.05, 3.63) is 23.6 Å². The van der Waals surface area contributed by atoms with Crippen LogP contribution in [-0.4, -0.2) is 19.1 Å². The van der Waals surface area contributed by atoms with Crippen LogP contribution in [0.4, 0.5) is 4.39 Å². The number of aromatic nitrogens is 1. The summed E-state index contributed by atoms with van der Waals surface area (Å²) in [6.07, 6.45) is 1.14. The Hall–Kier alpha value is -1.16. The summed E-state index contributed by atoms with van der Waals surface area (Å²) < 4.78 is 17.6. The molecule has 0 atom stereocenters. The van der Waals surface area contributed by atoms with Crippen LogP contribution in [0.2, 0.25) is 0 Å². The third-order valence-electron chi connectivity index (χ3n) is 1.45. The van der Waals surface area contributed by atoms with Crippen molar-refractivity contribution in [1.82, 2.24) is 10.3 Å². The molecule has 0 unspecified atom stereocenters. The Morgan fingerprint density at radius 3 is 3.00 bits per heavy atom. The molecule has 0 saturated heterocycles. The second-order valence-electron chi connectivity index (χ2n) is 2.35. The molecule has 1 N–H and O–H groups in total. The molecule has 0 amide bonds. The predicted octanol–water partition coefficient (Wildman–Crippen LogP) is 0.949. The minimum absolute atomic E-state index is 0.346. The Morgan fingerprint density at radius 1 is 1.67 bits per heavy atom. The summed E-state index contributed by atoms with van der Waals surface area (Å²) in [4.78, 5) is 3.78. The molecule has 4 heteroatoms. The lowest BCUT2D eigenvalue weighted by atomic mass is 10.2. The molecule has 0 aromatic carbocycles. The van der Waals surface area contributed by atoms with Crippen molar-refractivity contribution in [3.63, 3.8) is 0 Å². The van der Waals surface area contributed by atoms with E-state index >= 15 is 0 Å². The molecule has 0 aliphatic carbocycles. The molecule has 1 aromatic rings. The highest BCUT2D eigenvalue weighted by atomic mass is 19.1. The Labute approximate surface area is 70.6 Å². The van der Waals surface area contributed by atoms with Gasteiger partial charge in [-0.15, -0.1) is 0 Å². The van der Waals surface area contributed by atoms with Crippen molar-refractivity contribution in [2.24, 2.45) is 0 Å². The van der Waals surface area contributed by atoms with Crippen LogP contribution >= 0.6 is 0 Å². The van der Waals surface area contributed by atoms with Gasteiger partial charge in [0.25, 0.3) is 0 Å². The van der Waals surface area contributed by atoms with E-state index in [2.05, 4.69) is 10.3 Å². The van der Waals surface area contributed by atoms with E-state index in [1.54, 1.807) is 7.05 Å². The van der Waals surface area contributed by atoms with Gasteiger partial charge in [0.1, 0.15) is 5.82 Å². The van der Waals surface area contributed by atoms with E-state index in [0.717, 1.165) is 11.8 Å². The lowest BCUT2D eigenvalue weighted by molar-refractivity contribution is 0.389. The molecule has 0 spiro atoms. The number of hydrogen-bond donors (Lipinski definition) is 1. The van der Waals surface area contributed by atoms with E-state index in [9.17, 15) is 4.39 Å². The zero-order valence-electron chi connectivity index (χ0n) is 7.10. The van der Waals surface area contributed by atoms with Crippen LogP contribution in [-0.2, 0) is 6.54 Å². The normalized spacial score (nSPS) is 9.92. The van der Waals surface area contributed by atoms with Crippen LogP contribution in [0.15, 0.2) is 12.3 Å². The number of hydrogen-bond acceptors (Lipinski definition) is 3. The first-order valence-corrected chi connectivity index (χ1v) is 3.61. The van der Waals surface area contributed by atoms with E-state index in [4.69, 9.17) is 4.74 Å². The minimum Gasteiger partial charge on any atom is -0.481 e. The van der Waals surface area contributed by atoms with Gasteiger partial charge in [-0.25, -0.2) is 9.37 Å². The number of methoxy groups -OCH3 is 1. The number of halogens is 1. The molecule has 1 rings (SSSR count). The minimum atomic E-state index is -0.346. The summed E-state index contributed by atoms with van der Waals surface area (Å²) in [5, 5.41) is 2.90. The van der Waals surface area contributed by atoms with Crippen LogP contribution in [0, 0.1) is 5.82 Å². The van der Waals surface area contributed by atoms with Crippen molar-refractivity contribution in [3.8, 4) is 5.88 Å². The molecule has 1 aromatic heterocycles. The van der Waals surface area contributed by atoms with Gasteiger partial charge in [0.05, 0.1) is 13.3 Å². The van der Waals surface area contributed by atoms with Gasteiger partial charge in [0.2, 0.25) is 5.88 Å². The molecule has 66 valence electrons. The summed E-state index contributed by atoms with van der Waals surface area (Å²) in [5.74, 6) is 0.117. The van der Waals surface area contributed by atoms with Gasteiger partial charge in [0.15, 0.2) is 0 Å². The lowest BCUT2D eigenvalue weighted by Gasteiger charge is -2.05. The standard InChI is InChI=1S/C8H11FN2O/c1-10-4-6-3-7(9)5-11-8(6)12-2/h3,5,10H,4H2,1-2H3. The second kappa shape index (κ2) is 4.01. The van der Waals surface area contributed by atoms with Gasteiger partial charge in [-0.05, 0) is 13.1 Å². The number of pyridine rings is 1. The highest BCUT2D eigenvalue weighted by Crippen LogP contribution is 2.14. The summed E-state index contributed by atoms with van der Waals surface area (Å²) in [6, 6.07) is 1.41. The first-order valence-electron chi connectivity index (χ1n) is 3.61. The summed E-state index contributed by atoms with van der Waals surface area (Å²) in [5.41, 5.74) is 0.722. The molecule has 12 heavy (non-hydrogen) atoms. The van der Waals surface area contributed by atoms with Gasteiger partial charge in [-0.2, -0.15) is 0 Å². The molecule has 0 radical (unpaired) electrons. The van der Waals surface area contributed by atoms with Crippen molar-refractivity contribution < 1.29 is 9.13 Å². The van der Waals surface area contributed by atoms with Gasteiger partial charge in [-0.3, -0.25) is 0 Å². The van der Waals surface area contributed by atoms with Crippen molar-refractivity contribution in [2.75, 3.05) is 14.2 Å². The van der Waals surface area contributed by atoms with E-state index in [1.807, 2.05) is 0 Å². The summed E-state index contributed by atoms with van der Waals surface area (Å²) in [7, 11) is 3.30. The predicted molar refractivity (Wildman–Crippen MR) is 43.5 cm³/mol. The molecule has 3 nitrogen and oxygen atoms in total. The number of ether oxygens (including phenoxy) is 1. The topological polar surface area (TPSA) is 34.2 Å². The van der Waals surface area contributed by atoms with Crippen LogP contribution in [0.3, 0.4) is 0 Å². The third-order valence-corrected chi connectivity index (χ3v) is 1.45. The van der Waals surface area contributed by atoms with E-state index in [1.165, 1.54) is 13.2 Å². The number of nitrogens with one attached hydrogen (secondary N) is 1. The first kappa shape index (κ1) is 8.93. The molecular formula is C8H11FN2O. The third kappa shape index (κ3) is 1.92.